The number of para-hydroxylation sites is 1. The van der Waals surface area contributed by atoms with Gasteiger partial charge in [-0.1, -0.05) is 60.7 Å². The summed E-state index contributed by atoms with van der Waals surface area (Å²) in [6, 6.07) is 23.5. The highest BCUT2D eigenvalue weighted by atomic mass is 16.3. The fraction of sp³-hybridized carbons (Fsp3) is 0.250. The standard InChI is InChI=1S/C28H25N3O4/c32-19-12-10-18(11-13-19)16-22-23-24(28(30-22)20-8-4-5-9-21(20)29-27(28)35)26(34)31(25(23)33)15-14-17-6-2-1-3-7-17/h1-13,22-24,30,32H,14-16H2,(H,29,35)/t22-,23-,24+,28-/m1/s1. The lowest BCUT2D eigenvalue weighted by molar-refractivity contribution is -0.142. The van der Waals surface area contributed by atoms with Gasteiger partial charge in [-0.3, -0.25) is 24.6 Å². The van der Waals surface area contributed by atoms with Gasteiger partial charge in [-0.2, -0.15) is 0 Å². The van der Waals surface area contributed by atoms with E-state index in [2.05, 4.69) is 10.6 Å². The van der Waals surface area contributed by atoms with Crippen LogP contribution in [-0.4, -0.2) is 40.3 Å². The van der Waals surface area contributed by atoms with E-state index in [1.54, 1.807) is 24.3 Å². The lowest BCUT2D eigenvalue weighted by Gasteiger charge is -2.29. The second-order valence-electron chi connectivity index (χ2n) is 9.50. The molecule has 2 saturated heterocycles. The highest BCUT2D eigenvalue weighted by Gasteiger charge is 2.70. The molecule has 3 amide bonds. The van der Waals surface area contributed by atoms with Crippen molar-refractivity contribution in [2.45, 2.75) is 24.4 Å². The topological polar surface area (TPSA) is 98.7 Å². The van der Waals surface area contributed by atoms with Crippen LogP contribution in [0.5, 0.6) is 5.75 Å². The Morgan fingerprint density at radius 2 is 1.54 bits per heavy atom. The first-order valence-corrected chi connectivity index (χ1v) is 11.8. The molecule has 0 bridgehead atoms. The smallest absolute Gasteiger partial charge is 0.250 e. The SMILES string of the molecule is O=C1[C@H]2[C@@H](C(=O)N1CCc1ccccc1)[C@@]1(N[C@@H]2Cc2ccc(O)cc2)C(=O)Nc2ccccc21. The summed E-state index contributed by atoms with van der Waals surface area (Å²) in [4.78, 5) is 42.4. The van der Waals surface area contributed by atoms with Crippen LogP contribution in [0.15, 0.2) is 78.9 Å². The molecule has 0 aromatic heterocycles. The molecule has 3 aliphatic rings. The number of fused-ring (bicyclic) bond motifs is 4. The third kappa shape index (κ3) is 3.26. The van der Waals surface area contributed by atoms with Crippen molar-refractivity contribution >= 4 is 23.4 Å². The van der Waals surface area contributed by atoms with Crippen LogP contribution in [0.4, 0.5) is 5.69 Å². The summed E-state index contributed by atoms with van der Waals surface area (Å²) < 4.78 is 0. The lowest BCUT2D eigenvalue weighted by Crippen LogP contribution is -2.53. The Morgan fingerprint density at radius 1 is 0.829 bits per heavy atom. The van der Waals surface area contributed by atoms with E-state index >= 15 is 0 Å². The van der Waals surface area contributed by atoms with Crippen LogP contribution in [0.2, 0.25) is 0 Å². The third-order valence-corrected chi connectivity index (χ3v) is 7.57. The van der Waals surface area contributed by atoms with Crippen molar-refractivity contribution in [3.05, 3.63) is 95.6 Å². The van der Waals surface area contributed by atoms with Gasteiger partial charge in [0.25, 0.3) is 0 Å². The van der Waals surface area contributed by atoms with Crippen LogP contribution in [-0.2, 0) is 32.8 Å². The third-order valence-electron chi connectivity index (χ3n) is 7.57. The maximum absolute atomic E-state index is 13.8. The highest BCUT2D eigenvalue weighted by Crippen LogP contribution is 2.53. The molecule has 7 nitrogen and oxygen atoms in total. The summed E-state index contributed by atoms with van der Waals surface area (Å²) >= 11 is 0. The summed E-state index contributed by atoms with van der Waals surface area (Å²) in [7, 11) is 0. The monoisotopic (exact) mass is 467 g/mol. The summed E-state index contributed by atoms with van der Waals surface area (Å²) in [6.07, 6.45) is 1.01. The Kier molecular flexibility index (Phi) is 4.96. The Balaban J connectivity index is 1.39. The van der Waals surface area contributed by atoms with Crippen molar-refractivity contribution in [1.29, 1.82) is 0 Å². The van der Waals surface area contributed by atoms with Gasteiger partial charge < -0.3 is 10.4 Å². The lowest BCUT2D eigenvalue weighted by atomic mass is 9.76. The van der Waals surface area contributed by atoms with Crippen molar-refractivity contribution in [1.82, 2.24) is 10.2 Å². The van der Waals surface area contributed by atoms with Crippen molar-refractivity contribution in [3.63, 3.8) is 0 Å². The molecule has 3 N–H and O–H groups in total. The first-order chi connectivity index (χ1) is 17.0. The molecule has 176 valence electrons. The molecule has 3 aromatic rings. The number of carbonyl (C=O) groups is 3. The second kappa shape index (κ2) is 8.06. The quantitative estimate of drug-likeness (QED) is 0.501. The molecule has 6 rings (SSSR count). The molecule has 7 heteroatoms. The Bertz CT molecular complexity index is 1320. The summed E-state index contributed by atoms with van der Waals surface area (Å²) in [6.45, 7) is 0.278. The maximum Gasteiger partial charge on any atom is 0.250 e. The van der Waals surface area contributed by atoms with Gasteiger partial charge in [0.15, 0.2) is 0 Å². The minimum absolute atomic E-state index is 0.158. The fourth-order valence-electron chi connectivity index (χ4n) is 5.98. The predicted molar refractivity (Wildman–Crippen MR) is 129 cm³/mol. The number of rotatable bonds is 5. The average molecular weight is 468 g/mol. The summed E-state index contributed by atoms with van der Waals surface area (Å²) in [5, 5.41) is 16.0. The number of imide groups is 1. The minimum Gasteiger partial charge on any atom is -0.508 e. The Labute approximate surface area is 202 Å². The number of phenols is 1. The van der Waals surface area contributed by atoms with Crippen LogP contribution in [0, 0.1) is 11.8 Å². The molecule has 3 aromatic carbocycles. The number of phenolic OH excluding ortho intramolecular Hbond substituents is 1. The molecular formula is C28H25N3O4. The molecule has 4 atom stereocenters. The van der Waals surface area contributed by atoms with E-state index in [1.807, 2.05) is 54.6 Å². The number of benzene rings is 3. The van der Waals surface area contributed by atoms with E-state index in [1.165, 1.54) is 4.90 Å². The van der Waals surface area contributed by atoms with E-state index in [0.29, 0.717) is 24.1 Å². The van der Waals surface area contributed by atoms with Crippen molar-refractivity contribution in [2.24, 2.45) is 11.8 Å². The van der Waals surface area contributed by atoms with E-state index in [4.69, 9.17) is 0 Å². The normalized spacial score (nSPS) is 26.8. The molecule has 0 unspecified atom stereocenters. The van der Waals surface area contributed by atoms with Gasteiger partial charge >= 0.3 is 0 Å². The average Bonchev–Trinajstić information content (AvgIpc) is 3.44. The van der Waals surface area contributed by atoms with Gasteiger partial charge in [0.1, 0.15) is 11.3 Å². The van der Waals surface area contributed by atoms with Crippen molar-refractivity contribution < 1.29 is 19.5 Å². The number of anilines is 1. The number of amides is 3. The zero-order valence-electron chi connectivity index (χ0n) is 19.0. The fourth-order valence-corrected chi connectivity index (χ4v) is 5.98. The van der Waals surface area contributed by atoms with Gasteiger partial charge in [-0.15, -0.1) is 0 Å². The number of nitrogens with zero attached hydrogens (tertiary/aromatic N) is 1. The second-order valence-corrected chi connectivity index (χ2v) is 9.50. The first-order valence-electron chi connectivity index (χ1n) is 11.8. The van der Waals surface area contributed by atoms with Gasteiger partial charge in [-0.25, -0.2) is 0 Å². The van der Waals surface area contributed by atoms with Gasteiger partial charge in [0.2, 0.25) is 17.7 Å². The molecule has 0 aliphatic carbocycles. The number of likely N-dealkylation sites (tertiary alicyclic amines) is 1. The Morgan fingerprint density at radius 3 is 2.31 bits per heavy atom. The highest BCUT2D eigenvalue weighted by molar-refractivity contribution is 6.15. The van der Waals surface area contributed by atoms with Crippen LogP contribution in [0.3, 0.4) is 0 Å². The molecular weight excluding hydrogens is 442 g/mol. The largest absolute Gasteiger partial charge is 0.508 e. The molecule has 1 spiro atoms. The Hall–Kier alpha value is -3.97. The number of nitrogens with one attached hydrogen (secondary N) is 2. The van der Waals surface area contributed by atoms with Crippen molar-refractivity contribution in [2.75, 3.05) is 11.9 Å². The summed E-state index contributed by atoms with van der Waals surface area (Å²) in [5.41, 5.74) is 2.03. The van der Waals surface area contributed by atoms with Gasteiger partial charge in [-0.05, 0) is 42.2 Å². The number of aromatic hydroxyl groups is 1. The first kappa shape index (κ1) is 21.6. The van der Waals surface area contributed by atoms with Gasteiger partial charge in [0, 0.05) is 23.8 Å². The molecule has 0 saturated carbocycles. The number of hydrogen-bond acceptors (Lipinski definition) is 5. The maximum atomic E-state index is 13.8. The van der Waals surface area contributed by atoms with E-state index < -0.39 is 23.4 Å². The predicted octanol–water partition coefficient (Wildman–Crippen LogP) is 2.60. The molecule has 0 radical (unpaired) electrons. The van der Waals surface area contributed by atoms with Crippen LogP contribution in [0.25, 0.3) is 0 Å². The zero-order chi connectivity index (χ0) is 24.2. The van der Waals surface area contributed by atoms with Crippen LogP contribution >= 0.6 is 0 Å². The van der Waals surface area contributed by atoms with E-state index in [0.717, 1.165) is 11.1 Å². The zero-order valence-corrected chi connectivity index (χ0v) is 19.0. The van der Waals surface area contributed by atoms with Crippen LogP contribution < -0.4 is 10.6 Å². The number of carbonyl (C=O) groups excluding carboxylic acids is 3. The number of hydrogen-bond donors (Lipinski definition) is 3. The minimum atomic E-state index is -1.29. The summed E-state index contributed by atoms with van der Waals surface area (Å²) in [5.74, 6) is -2.16. The van der Waals surface area contributed by atoms with Gasteiger partial charge in [0.05, 0.1) is 11.8 Å². The molecule has 35 heavy (non-hydrogen) atoms. The van der Waals surface area contributed by atoms with Crippen molar-refractivity contribution in [3.8, 4) is 5.75 Å². The molecule has 3 aliphatic heterocycles. The molecule has 2 fully saturated rings. The molecule has 3 heterocycles. The van der Waals surface area contributed by atoms with E-state index in [-0.39, 0.29) is 30.0 Å². The van der Waals surface area contributed by atoms with E-state index in [9.17, 15) is 19.5 Å². The van der Waals surface area contributed by atoms with Crippen LogP contribution in [0.1, 0.15) is 16.7 Å².